The maximum absolute atomic E-state index is 12.0. The van der Waals surface area contributed by atoms with Crippen LogP contribution in [-0.4, -0.2) is 24.5 Å². The normalized spacial score (nSPS) is 11.6. The van der Waals surface area contributed by atoms with Gasteiger partial charge in [0.15, 0.2) is 6.61 Å². The molecule has 0 aliphatic rings. The largest absolute Gasteiger partial charge is 0.452 e. The SMILES string of the molecule is C[C@H](CCc1ccccc1)NC(=O)COC(=O)c1ccc(Cl)cc1N. The van der Waals surface area contributed by atoms with E-state index in [0.717, 1.165) is 12.8 Å². The van der Waals surface area contributed by atoms with Crippen LogP contribution >= 0.6 is 11.6 Å². The fraction of sp³-hybridized carbons (Fsp3) is 0.263. The van der Waals surface area contributed by atoms with E-state index in [-0.39, 0.29) is 29.8 Å². The van der Waals surface area contributed by atoms with Crippen LogP contribution in [0.15, 0.2) is 48.5 Å². The van der Waals surface area contributed by atoms with Crippen LogP contribution in [0.5, 0.6) is 0 Å². The number of nitrogens with two attached hydrogens (primary N) is 1. The summed E-state index contributed by atoms with van der Waals surface area (Å²) >= 11 is 5.78. The van der Waals surface area contributed by atoms with E-state index >= 15 is 0 Å². The Bertz CT molecular complexity index is 735. The number of anilines is 1. The lowest BCUT2D eigenvalue weighted by molar-refractivity contribution is -0.124. The van der Waals surface area contributed by atoms with Crippen molar-refractivity contribution >= 4 is 29.2 Å². The first kappa shape index (κ1) is 18.8. The number of nitrogen functional groups attached to an aromatic ring is 1. The van der Waals surface area contributed by atoms with Gasteiger partial charge in [0.2, 0.25) is 0 Å². The van der Waals surface area contributed by atoms with Crippen molar-refractivity contribution in [1.82, 2.24) is 5.32 Å². The standard InChI is InChI=1S/C19H21ClN2O3/c1-13(7-8-14-5-3-2-4-6-14)22-18(23)12-25-19(24)16-10-9-15(20)11-17(16)21/h2-6,9-11,13H,7-8,12,21H2,1H3,(H,22,23)/t13-/m1/s1. The number of hydrogen-bond acceptors (Lipinski definition) is 4. The third kappa shape index (κ3) is 6.12. The zero-order chi connectivity index (χ0) is 18.2. The molecular weight excluding hydrogens is 340 g/mol. The van der Waals surface area contributed by atoms with Crippen molar-refractivity contribution in [1.29, 1.82) is 0 Å². The van der Waals surface area contributed by atoms with Gasteiger partial charge in [-0.25, -0.2) is 4.79 Å². The molecule has 2 aromatic rings. The molecule has 0 saturated heterocycles. The van der Waals surface area contributed by atoms with Gasteiger partial charge < -0.3 is 15.8 Å². The van der Waals surface area contributed by atoms with Gasteiger partial charge in [0.25, 0.3) is 5.91 Å². The van der Waals surface area contributed by atoms with E-state index in [1.165, 1.54) is 17.7 Å². The predicted molar refractivity (Wildman–Crippen MR) is 98.5 cm³/mol. The summed E-state index contributed by atoms with van der Waals surface area (Å²) in [5, 5.41) is 3.24. The van der Waals surface area contributed by atoms with Crippen molar-refractivity contribution < 1.29 is 14.3 Å². The molecule has 1 atom stereocenters. The average Bonchev–Trinajstić information content (AvgIpc) is 2.59. The molecule has 0 fully saturated rings. The number of benzene rings is 2. The fourth-order valence-corrected chi connectivity index (χ4v) is 2.53. The van der Waals surface area contributed by atoms with Crippen molar-refractivity contribution in [3.05, 3.63) is 64.7 Å². The Morgan fingerprint density at radius 1 is 1.20 bits per heavy atom. The van der Waals surface area contributed by atoms with Gasteiger partial charge in [-0.05, 0) is 43.5 Å². The third-order valence-corrected chi connectivity index (χ3v) is 3.92. The van der Waals surface area contributed by atoms with Gasteiger partial charge in [-0.2, -0.15) is 0 Å². The number of aryl methyl sites for hydroxylation is 1. The molecule has 5 nitrogen and oxygen atoms in total. The lowest BCUT2D eigenvalue weighted by Gasteiger charge is -2.14. The molecule has 0 aromatic heterocycles. The zero-order valence-corrected chi connectivity index (χ0v) is 14.8. The van der Waals surface area contributed by atoms with E-state index in [1.807, 2.05) is 37.3 Å². The summed E-state index contributed by atoms with van der Waals surface area (Å²) in [6.45, 7) is 1.57. The van der Waals surface area contributed by atoms with E-state index in [0.29, 0.717) is 5.02 Å². The fourth-order valence-electron chi connectivity index (χ4n) is 2.34. The molecule has 0 aliphatic carbocycles. The molecule has 0 spiro atoms. The third-order valence-electron chi connectivity index (χ3n) is 3.68. The van der Waals surface area contributed by atoms with Gasteiger partial charge >= 0.3 is 5.97 Å². The van der Waals surface area contributed by atoms with Gasteiger partial charge in [0.05, 0.1) is 5.56 Å². The van der Waals surface area contributed by atoms with Crippen LogP contribution in [0.4, 0.5) is 5.69 Å². The van der Waals surface area contributed by atoms with Crippen LogP contribution in [0.1, 0.15) is 29.3 Å². The van der Waals surface area contributed by atoms with Crippen LogP contribution in [0.3, 0.4) is 0 Å². The van der Waals surface area contributed by atoms with Crippen LogP contribution in [0.25, 0.3) is 0 Å². The molecule has 0 aliphatic heterocycles. The second-order valence-corrected chi connectivity index (χ2v) is 6.24. The van der Waals surface area contributed by atoms with Crippen molar-refractivity contribution in [2.24, 2.45) is 0 Å². The molecule has 2 aromatic carbocycles. The number of nitrogens with one attached hydrogen (secondary N) is 1. The van der Waals surface area contributed by atoms with Crippen molar-refractivity contribution in [2.75, 3.05) is 12.3 Å². The minimum atomic E-state index is -0.652. The minimum Gasteiger partial charge on any atom is -0.452 e. The topological polar surface area (TPSA) is 81.4 Å². The number of halogens is 1. The highest BCUT2D eigenvalue weighted by molar-refractivity contribution is 6.31. The van der Waals surface area contributed by atoms with Gasteiger partial charge in [0, 0.05) is 16.8 Å². The van der Waals surface area contributed by atoms with Crippen molar-refractivity contribution in [3.63, 3.8) is 0 Å². The predicted octanol–water partition coefficient (Wildman–Crippen LogP) is 3.22. The molecule has 0 heterocycles. The quantitative estimate of drug-likeness (QED) is 0.586. The zero-order valence-electron chi connectivity index (χ0n) is 14.0. The first-order chi connectivity index (χ1) is 12.0. The molecule has 0 radical (unpaired) electrons. The molecular formula is C19H21ClN2O3. The average molecular weight is 361 g/mol. The summed E-state index contributed by atoms with van der Waals surface area (Å²) in [6.07, 6.45) is 1.66. The number of carbonyl (C=O) groups is 2. The van der Waals surface area contributed by atoms with Gasteiger partial charge in [0.1, 0.15) is 0 Å². The molecule has 6 heteroatoms. The lowest BCUT2D eigenvalue weighted by Crippen LogP contribution is -2.36. The first-order valence-electron chi connectivity index (χ1n) is 8.01. The van der Waals surface area contributed by atoms with Crippen LogP contribution in [0, 0.1) is 0 Å². The summed E-state index contributed by atoms with van der Waals surface area (Å²) in [6, 6.07) is 14.5. The van der Waals surface area contributed by atoms with Crippen LogP contribution in [0.2, 0.25) is 5.02 Å². The summed E-state index contributed by atoms with van der Waals surface area (Å²) < 4.78 is 5.00. The number of carbonyl (C=O) groups excluding carboxylic acids is 2. The smallest absolute Gasteiger partial charge is 0.340 e. The Morgan fingerprint density at radius 3 is 2.60 bits per heavy atom. The molecule has 3 N–H and O–H groups in total. The number of esters is 1. The van der Waals surface area contributed by atoms with E-state index in [4.69, 9.17) is 22.1 Å². The lowest BCUT2D eigenvalue weighted by atomic mass is 10.1. The van der Waals surface area contributed by atoms with E-state index in [2.05, 4.69) is 5.32 Å². The Balaban J connectivity index is 1.75. The van der Waals surface area contributed by atoms with Gasteiger partial charge in [-0.15, -0.1) is 0 Å². The molecule has 1 amide bonds. The maximum Gasteiger partial charge on any atom is 0.340 e. The summed E-state index contributed by atoms with van der Waals surface area (Å²) in [5.74, 6) is -0.997. The summed E-state index contributed by atoms with van der Waals surface area (Å²) in [4.78, 5) is 23.9. The highest BCUT2D eigenvalue weighted by Gasteiger charge is 2.14. The number of ether oxygens (including phenoxy) is 1. The van der Waals surface area contributed by atoms with E-state index in [1.54, 1.807) is 6.07 Å². The molecule has 0 saturated carbocycles. The monoisotopic (exact) mass is 360 g/mol. The maximum atomic E-state index is 12.0. The van der Waals surface area contributed by atoms with E-state index in [9.17, 15) is 9.59 Å². The van der Waals surface area contributed by atoms with Crippen LogP contribution in [-0.2, 0) is 16.0 Å². The molecule has 132 valence electrons. The summed E-state index contributed by atoms with van der Waals surface area (Å²) in [7, 11) is 0. The van der Waals surface area contributed by atoms with E-state index < -0.39 is 5.97 Å². The van der Waals surface area contributed by atoms with Gasteiger partial charge in [-0.1, -0.05) is 41.9 Å². The van der Waals surface area contributed by atoms with Gasteiger partial charge in [-0.3, -0.25) is 4.79 Å². The second-order valence-electron chi connectivity index (χ2n) is 5.80. The second kappa shape index (κ2) is 9.08. The van der Waals surface area contributed by atoms with Crippen LogP contribution < -0.4 is 11.1 Å². The minimum absolute atomic E-state index is 0.0213. The summed E-state index contributed by atoms with van der Waals surface area (Å²) in [5.41, 5.74) is 7.34. The Hall–Kier alpha value is -2.53. The number of hydrogen-bond donors (Lipinski definition) is 2. The number of amides is 1. The number of rotatable bonds is 7. The Morgan fingerprint density at radius 2 is 1.92 bits per heavy atom. The van der Waals surface area contributed by atoms with Crippen molar-refractivity contribution in [2.45, 2.75) is 25.8 Å². The highest BCUT2D eigenvalue weighted by atomic mass is 35.5. The molecule has 2 rings (SSSR count). The molecule has 0 bridgehead atoms. The molecule has 25 heavy (non-hydrogen) atoms. The Labute approximate surface area is 152 Å². The highest BCUT2D eigenvalue weighted by Crippen LogP contribution is 2.18. The molecule has 0 unspecified atom stereocenters. The van der Waals surface area contributed by atoms with Crippen molar-refractivity contribution in [3.8, 4) is 0 Å². The Kier molecular flexibility index (Phi) is 6.83. The first-order valence-corrected chi connectivity index (χ1v) is 8.39.